The Hall–Kier alpha value is -0.710. The lowest BCUT2D eigenvalue weighted by Gasteiger charge is -2.13. The maximum absolute atomic E-state index is 11.4. The van der Waals surface area contributed by atoms with Gasteiger partial charge in [0.1, 0.15) is 0 Å². The molecule has 1 aromatic heterocycles. The first-order chi connectivity index (χ1) is 7.34. The molecule has 1 heterocycles. The summed E-state index contributed by atoms with van der Waals surface area (Å²) in [7, 11) is 1.50. The normalized spacial score (nSPS) is 11.1. The Kier molecular flexibility index (Phi) is 4.24. The highest BCUT2D eigenvalue weighted by Crippen LogP contribution is 2.28. The highest BCUT2D eigenvalue weighted by atomic mass is 35.6. The number of nitrogens with zero attached hydrogens (tertiary/aromatic N) is 1. The lowest BCUT2D eigenvalue weighted by molar-refractivity contribution is -0.115. The van der Waals surface area contributed by atoms with Crippen molar-refractivity contribution in [1.29, 1.82) is 0 Å². The second-order valence-electron chi connectivity index (χ2n) is 2.94. The van der Waals surface area contributed by atoms with E-state index in [0.29, 0.717) is 17.3 Å². The number of carbonyl (C=O) groups excluding carboxylic acids is 1. The maximum Gasteiger partial charge on any atom is 0.276 e. The molecule has 4 nitrogen and oxygen atoms in total. The van der Waals surface area contributed by atoms with Crippen LogP contribution >= 0.6 is 34.8 Å². The summed E-state index contributed by atoms with van der Waals surface area (Å²) in [6, 6.07) is 3.22. The SMILES string of the molecule is COc1ccc(NC(=O)C(Cl)(Cl)Cl)c(C)n1. The fourth-order valence-electron chi connectivity index (χ4n) is 0.977. The van der Waals surface area contributed by atoms with Gasteiger partial charge < -0.3 is 10.1 Å². The molecule has 88 valence electrons. The third kappa shape index (κ3) is 3.40. The number of anilines is 1. The van der Waals surface area contributed by atoms with E-state index in [1.165, 1.54) is 7.11 Å². The van der Waals surface area contributed by atoms with E-state index < -0.39 is 9.70 Å². The van der Waals surface area contributed by atoms with Crippen molar-refractivity contribution >= 4 is 46.4 Å². The van der Waals surface area contributed by atoms with E-state index in [2.05, 4.69) is 10.3 Å². The fraction of sp³-hybridized carbons (Fsp3) is 0.333. The topological polar surface area (TPSA) is 51.2 Å². The van der Waals surface area contributed by atoms with Crippen LogP contribution in [-0.4, -0.2) is 21.8 Å². The Morgan fingerprint density at radius 3 is 2.50 bits per heavy atom. The summed E-state index contributed by atoms with van der Waals surface area (Å²) in [6.45, 7) is 1.70. The summed E-state index contributed by atoms with van der Waals surface area (Å²) in [5.74, 6) is -0.281. The predicted molar refractivity (Wildman–Crippen MR) is 64.4 cm³/mol. The van der Waals surface area contributed by atoms with Crippen molar-refractivity contribution in [2.45, 2.75) is 10.7 Å². The van der Waals surface area contributed by atoms with Crippen LogP contribution in [0.2, 0.25) is 0 Å². The molecule has 1 N–H and O–H groups in total. The van der Waals surface area contributed by atoms with Crippen LogP contribution in [0, 0.1) is 6.92 Å². The third-order valence-electron chi connectivity index (χ3n) is 1.78. The molecule has 16 heavy (non-hydrogen) atoms. The van der Waals surface area contributed by atoms with Crippen molar-refractivity contribution < 1.29 is 9.53 Å². The van der Waals surface area contributed by atoms with Crippen LogP contribution in [0.1, 0.15) is 5.69 Å². The van der Waals surface area contributed by atoms with E-state index >= 15 is 0 Å². The van der Waals surface area contributed by atoms with E-state index in [9.17, 15) is 4.79 Å². The number of amides is 1. The zero-order valence-electron chi connectivity index (χ0n) is 8.55. The molecule has 0 aliphatic rings. The molecule has 0 saturated heterocycles. The molecule has 0 aliphatic heterocycles. The first-order valence-corrected chi connectivity index (χ1v) is 5.38. The molecule has 1 rings (SSSR count). The molecule has 0 fully saturated rings. The first-order valence-electron chi connectivity index (χ1n) is 4.24. The molecule has 0 aromatic carbocycles. The van der Waals surface area contributed by atoms with Gasteiger partial charge in [0.2, 0.25) is 5.88 Å². The number of pyridine rings is 1. The molecule has 1 aromatic rings. The Labute approximate surface area is 108 Å². The monoisotopic (exact) mass is 282 g/mol. The molecule has 0 bridgehead atoms. The molecule has 0 saturated carbocycles. The summed E-state index contributed by atoms with van der Waals surface area (Å²) in [5.41, 5.74) is 1.04. The number of alkyl halides is 3. The number of aromatic nitrogens is 1. The number of carbonyl (C=O) groups is 1. The standard InChI is InChI=1S/C9H9Cl3N2O2/c1-5-6(3-4-7(13-5)16-2)14-8(15)9(10,11)12/h3-4H,1-2H3,(H,14,15). The maximum atomic E-state index is 11.4. The Morgan fingerprint density at radius 1 is 1.44 bits per heavy atom. The average Bonchev–Trinajstić information content (AvgIpc) is 2.19. The second-order valence-corrected chi connectivity index (χ2v) is 5.22. The van der Waals surface area contributed by atoms with Crippen LogP contribution in [0.4, 0.5) is 5.69 Å². The van der Waals surface area contributed by atoms with Gasteiger partial charge in [-0.05, 0) is 13.0 Å². The highest BCUT2D eigenvalue weighted by Gasteiger charge is 2.30. The van der Waals surface area contributed by atoms with Gasteiger partial charge in [-0.15, -0.1) is 0 Å². The van der Waals surface area contributed by atoms with E-state index in [0.717, 1.165) is 0 Å². The van der Waals surface area contributed by atoms with Gasteiger partial charge in [0.15, 0.2) is 0 Å². The van der Waals surface area contributed by atoms with Crippen molar-refractivity contribution in [3.8, 4) is 5.88 Å². The van der Waals surface area contributed by atoms with Gasteiger partial charge in [-0.1, -0.05) is 34.8 Å². The minimum atomic E-state index is -1.99. The van der Waals surface area contributed by atoms with Crippen LogP contribution < -0.4 is 10.1 Å². The minimum Gasteiger partial charge on any atom is -0.481 e. The lowest BCUT2D eigenvalue weighted by Crippen LogP contribution is -2.27. The van der Waals surface area contributed by atoms with Crippen molar-refractivity contribution in [1.82, 2.24) is 4.98 Å². The number of nitrogens with one attached hydrogen (secondary N) is 1. The summed E-state index contributed by atoms with van der Waals surface area (Å²) in [6.07, 6.45) is 0. The fourth-order valence-corrected chi connectivity index (χ4v) is 1.12. The smallest absolute Gasteiger partial charge is 0.276 e. The van der Waals surface area contributed by atoms with Crippen molar-refractivity contribution in [3.05, 3.63) is 17.8 Å². The van der Waals surface area contributed by atoms with Crippen LogP contribution in [0.5, 0.6) is 5.88 Å². The van der Waals surface area contributed by atoms with E-state index in [4.69, 9.17) is 39.5 Å². The van der Waals surface area contributed by atoms with Crippen LogP contribution in [0.25, 0.3) is 0 Å². The third-order valence-corrected chi connectivity index (χ3v) is 2.29. The van der Waals surface area contributed by atoms with Crippen LogP contribution in [0.15, 0.2) is 12.1 Å². The van der Waals surface area contributed by atoms with Gasteiger partial charge in [0.25, 0.3) is 9.70 Å². The Bertz CT molecular complexity index is 404. The van der Waals surface area contributed by atoms with Crippen LogP contribution in [-0.2, 0) is 4.79 Å². The molecule has 7 heteroatoms. The summed E-state index contributed by atoms with van der Waals surface area (Å²) >= 11 is 16.3. The molecule has 1 amide bonds. The number of methoxy groups -OCH3 is 1. The Balaban J connectivity index is 2.87. The first kappa shape index (κ1) is 13.4. The molecule has 0 unspecified atom stereocenters. The summed E-state index contributed by atoms with van der Waals surface area (Å²) < 4.78 is 2.93. The van der Waals surface area contributed by atoms with E-state index in [1.807, 2.05) is 0 Å². The van der Waals surface area contributed by atoms with Gasteiger partial charge in [-0.3, -0.25) is 4.79 Å². The number of hydrogen-bond acceptors (Lipinski definition) is 3. The largest absolute Gasteiger partial charge is 0.481 e. The summed E-state index contributed by atoms with van der Waals surface area (Å²) in [4.78, 5) is 15.4. The average molecular weight is 284 g/mol. The lowest BCUT2D eigenvalue weighted by atomic mass is 10.3. The number of aryl methyl sites for hydroxylation is 1. The molecular weight excluding hydrogens is 274 g/mol. The zero-order valence-corrected chi connectivity index (χ0v) is 10.8. The number of halogens is 3. The minimum absolute atomic E-state index is 0.449. The molecular formula is C9H9Cl3N2O2. The predicted octanol–water partition coefficient (Wildman–Crippen LogP) is 2.71. The van der Waals surface area contributed by atoms with Gasteiger partial charge >= 0.3 is 0 Å². The number of rotatable bonds is 2. The second kappa shape index (κ2) is 5.08. The van der Waals surface area contributed by atoms with Crippen molar-refractivity contribution in [2.75, 3.05) is 12.4 Å². The summed E-state index contributed by atoms with van der Waals surface area (Å²) in [5, 5.41) is 2.45. The van der Waals surface area contributed by atoms with Gasteiger partial charge in [0, 0.05) is 6.07 Å². The molecule has 0 aliphatic carbocycles. The van der Waals surface area contributed by atoms with Crippen molar-refractivity contribution in [2.24, 2.45) is 0 Å². The molecule has 0 atom stereocenters. The zero-order chi connectivity index (χ0) is 12.3. The van der Waals surface area contributed by atoms with Gasteiger partial charge in [-0.2, -0.15) is 0 Å². The van der Waals surface area contributed by atoms with Gasteiger partial charge in [0.05, 0.1) is 18.5 Å². The van der Waals surface area contributed by atoms with Crippen LogP contribution in [0.3, 0.4) is 0 Å². The highest BCUT2D eigenvalue weighted by molar-refractivity contribution is 6.76. The van der Waals surface area contributed by atoms with E-state index in [-0.39, 0.29) is 0 Å². The van der Waals surface area contributed by atoms with Crippen molar-refractivity contribution in [3.63, 3.8) is 0 Å². The van der Waals surface area contributed by atoms with Gasteiger partial charge in [-0.25, -0.2) is 4.98 Å². The molecule has 0 spiro atoms. The Morgan fingerprint density at radius 2 is 2.06 bits per heavy atom. The number of hydrogen-bond donors (Lipinski definition) is 1. The van der Waals surface area contributed by atoms with E-state index in [1.54, 1.807) is 19.1 Å². The number of ether oxygens (including phenoxy) is 1. The molecule has 0 radical (unpaired) electrons. The quantitative estimate of drug-likeness (QED) is 0.849.